The fourth-order valence-electron chi connectivity index (χ4n) is 3.30. The minimum absolute atomic E-state index is 0.0492. The van der Waals surface area contributed by atoms with Crippen molar-refractivity contribution in [3.05, 3.63) is 76.7 Å². The van der Waals surface area contributed by atoms with Crippen LogP contribution in [-0.4, -0.2) is 18.8 Å². The highest BCUT2D eigenvalue weighted by Crippen LogP contribution is 2.36. The lowest BCUT2D eigenvalue weighted by Gasteiger charge is -2.26. The van der Waals surface area contributed by atoms with Crippen molar-refractivity contribution in [1.29, 1.82) is 0 Å². The van der Waals surface area contributed by atoms with Crippen LogP contribution in [0.15, 0.2) is 59.8 Å². The van der Waals surface area contributed by atoms with E-state index in [1.165, 1.54) is 43.5 Å². The van der Waals surface area contributed by atoms with Gasteiger partial charge in [0.2, 0.25) is 0 Å². The number of alkyl halides is 3. The predicted octanol–water partition coefficient (Wildman–Crippen LogP) is 4.33. The van der Waals surface area contributed by atoms with Gasteiger partial charge in [-0.25, -0.2) is 4.39 Å². The second-order valence-electron chi connectivity index (χ2n) is 6.77. The van der Waals surface area contributed by atoms with Crippen LogP contribution in [0.4, 0.5) is 23.2 Å². The first-order valence-corrected chi connectivity index (χ1v) is 8.98. The number of hydrogen-bond acceptors (Lipinski definition) is 4. The summed E-state index contributed by atoms with van der Waals surface area (Å²) >= 11 is 0. The van der Waals surface area contributed by atoms with Crippen molar-refractivity contribution in [2.45, 2.75) is 24.9 Å². The number of hydrogen-bond donors (Lipinski definition) is 2. The number of carbonyl (C=O) groups is 2. The van der Waals surface area contributed by atoms with Gasteiger partial charge < -0.3 is 5.32 Å². The molecule has 2 N–H and O–H groups in total. The highest BCUT2D eigenvalue weighted by atomic mass is 19.4. The Labute approximate surface area is 169 Å². The Morgan fingerprint density at radius 3 is 2.23 bits per heavy atom. The molecule has 0 spiro atoms. The van der Waals surface area contributed by atoms with Crippen LogP contribution in [0.25, 0.3) is 0 Å². The quantitative estimate of drug-likeness (QED) is 0.428. The molecular formula is C21H18F4N2O3. The minimum atomic E-state index is -4.45. The van der Waals surface area contributed by atoms with Gasteiger partial charge in [-0.1, -0.05) is 12.1 Å². The zero-order valence-corrected chi connectivity index (χ0v) is 15.8. The van der Waals surface area contributed by atoms with E-state index < -0.39 is 35.2 Å². The number of anilines is 1. The number of ketones is 1. The van der Waals surface area contributed by atoms with Gasteiger partial charge in [0.25, 0.3) is 5.91 Å². The number of benzene rings is 2. The molecule has 0 saturated carbocycles. The van der Waals surface area contributed by atoms with E-state index in [0.717, 1.165) is 12.1 Å². The molecule has 0 aromatic heterocycles. The SMILES string of the molecule is CONC1=C(C(=O)Nc2ccc(F)cc2)C(=O)CC(c2ccc(C(F)(F)F)cc2)C1. The maximum Gasteiger partial charge on any atom is 0.416 e. The standard InChI is InChI=1S/C21H18F4N2O3/c1-30-27-17-10-13(12-2-4-14(5-3-12)21(23,24)25)11-18(28)19(17)20(29)26-16-8-6-15(22)7-9-16/h2-9,13,27H,10-11H2,1H3,(H,26,29). The molecule has 158 valence electrons. The molecule has 30 heavy (non-hydrogen) atoms. The van der Waals surface area contributed by atoms with Gasteiger partial charge in [0.15, 0.2) is 5.78 Å². The molecule has 1 amide bonds. The summed E-state index contributed by atoms with van der Waals surface area (Å²) in [5, 5.41) is 2.53. The van der Waals surface area contributed by atoms with E-state index in [1.54, 1.807) is 0 Å². The monoisotopic (exact) mass is 422 g/mol. The molecule has 9 heteroatoms. The van der Waals surface area contributed by atoms with Crippen molar-refractivity contribution < 1.29 is 32.0 Å². The van der Waals surface area contributed by atoms with Crippen molar-refractivity contribution in [3.63, 3.8) is 0 Å². The largest absolute Gasteiger partial charge is 0.416 e. The first-order valence-electron chi connectivity index (χ1n) is 8.98. The van der Waals surface area contributed by atoms with Crippen LogP contribution in [0, 0.1) is 5.82 Å². The topological polar surface area (TPSA) is 67.4 Å². The van der Waals surface area contributed by atoms with Gasteiger partial charge in [-0.3, -0.25) is 19.9 Å². The van der Waals surface area contributed by atoms with Crippen LogP contribution >= 0.6 is 0 Å². The van der Waals surface area contributed by atoms with E-state index in [-0.39, 0.29) is 24.1 Å². The van der Waals surface area contributed by atoms with Crippen LogP contribution in [0.5, 0.6) is 0 Å². The number of Topliss-reactive ketones (excluding diaryl/α,β-unsaturated/α-hetero) is 1. The van der Waals surface area contributed by atoms with Crippen molar-refractivity contribution in [2.24, 2.45) is 0 Å². The summed E-state index contributed by atoms with van der Waals surface area (Å²) in [5.41, 5.74) is 2.70. The Balaban J connectivity index is 1.84. The van der Waals surface area contributed by atoms with Crippen LogP contribution in [0.3, 0.4) is 0 Å². The summed E-state index contributed by atoms with van der Waals surface area (Å²) in [5.74, 6) is -2.05. The lowest BCUT2D eigenvalue weighted by Crippen LogP contribution is -2.32. The van der Waals surface area contributed by atoms with E-state index in [9.17, 15) is 27.2 Å². The Morgan fingerprint density at radius 2 is 1.67 bits per heavy atom. The van der Waals surface area contributed by atoms with E-state index >= 15 is 0 Å². The van der Waals surface area contributed by atoms with Gasteiger partial charge in [-0.15, -0.1) is 0 Å². The summed E-state index contributed by atoms with van der Waals surface area (Å²) in [6, 6.07) is 9.63. The zero-order valence-electron chi connectivity index (χ0n) is 15.8. The summed E-state index contributed by atoms with van der Waals surface area (Å²) in [4.78, 5) is 30.2. The molecule has 5 nitrogen and oxygen atoms in total. The summed E-state index contributed by atoms with van der Waals surface area (Å²) < 4.78 is 51.4. The highest BCUT2D eigenvalue weighted by molar-refractivity contribution is 6.24. The normalized spacial score (nSPS) is 17.1. The second kappa shape index (κ2) is 8.66. The summed E-state index contributed by atoms with van der Waals surface area (Å²) in [6.07, 6.45) is -4.31. The molecule has 1 atom stereocenters. The van der Waals surface area contributed by atoms with Gasteiger partial charge in [0.05, 0.1) is 18.4 Å². The minimum Gasteiger partial charge on any atom is -0.322 e. The Bertz CT molecular complexity index is 967. The van der Waals surface area contributed by atoms with Gasteiger partial charge in [-0.05, 0) is 54.3 Å². The van der Waals surface area contributed by atoms with Crippen LogP contribution in [-0.2, 0) is 20.6 Å². The molecule has 1 aliphatic carbocycles. The molecule has 2 aromatic rings. The third-order valence-corrected chi connectivity index (χ3v) is 4.73. The van der Waals surface area contributed by atoms with Gasteiger partial charge in [0, 0.05) is 12.1 Å². The predicted molar refractivity (Wildman–Crippen MR) is 101 cm³/mol. The number of nitrogens with one attached hydrogen (secondary N) is 2. The molecule has 2 aromatic carbocycles. The molecule has 0 fully saturated rings. The first-order chi connectivity index (χ1) is 14.2. The first kappa shape index (κ1) is 21.5. The van der Waals surface area contributed by atoms with Gasteiger partial charge in [-0.2, -0.15) is 13.2 Å². The number of amides is 1. The highest BCUT2D eigenvalue weighted by Gasteiger charge is 2.34. The van der Waals surface area contributed by atoms with Crippen molar-refractivity contribution in [2.75, 3.05) is 12.4 Å². The fraction of sp³-hybridized carbons (Fsp3) is 0.238. The van der Waals surface area contributed by atoms with Crippen molar-refractivity contribution in [1.82, 2.24) is 5.48 Å². The Hall–Kier alpha value is -3.20. The van der Waals surface area contributed by atoms with E-state index in [1.807, 2.05) is 0 Å². The molecule has 3 rings (SSSR count). The van der Waals surface area contributed by atoms with Gasteiger partial charge >= 0.3 is 6.18 Å². The Kier molecular flexibility index (Phi) is 6.21. The van der Waals surface area contributed by atoms with Gasteiger partial charge in [0.1, 0.15) is 11.4 Å². The van der Waals surface area contributed by atoms with Crippen LogP contribution in [0.1, 0.15) is 29.9 Å². The molecule has 0 saturated heterocycles. The number of halogens is 4. The fourth-order valence-corrected chi connectivity index (χ4v) is 3.30. The van der Waals surface area contributed by atoms with Crippen molar-refractivity contribution >= 4 is 17.4 Å². The number of rotatable bonds is 5. The lowest BCUT2D eigenvalue weighted by atomic mass is 9.81. The average Bonchev–Trinajstić information content (AvgIpc) is 2.69. The molecular weight excluding hydrogens is 404 g/mol. The Morgan fingerprint density at radius 1 is 1.03 bits per heavy atom. The molecule has 0 heterocycles. The number of hydroxylamine groups is 1. The maximum atomic E-state index is 13.0. The third-order valence-electron chi connectivity index (χ3n) is 4.73. The third kappa shape index (κ3) is 4.85. The average molecular weight is 422 g/mol. The molecule has 1 aliphatic rings. The maximum absolute atomic E-state index is 13.0. The molecule has 0 radical (unpaired) electrons. The van der Waals surface area contributed by atoms with Crippen molar-refractivity contribution in [3.8, 4) is 0 Å². The second-order valence-corrected chi connectivity index (χ2v) is 6.77. The molecule has 1 unspecified atom stereocenters. The van der Waals surface area contributed by atoms with Crippen LogP contribution in [0.2, 0.25) is 0 Å². The molecule has 0 bridgehead atoms. The number of carbonyl (C=O) groups excluding carboxylic acids is 2. The lowest BCUT2D eigenvalue weighted by molar-refractivity contribution is -0.137. The molecule has 0 aliphatic heterocycles. The van der Waals surface area contributed by atoms with E-state index in [0.29, 0.717) is 11.3 Å². The zero-order chi connectivity index (χ0) is 21.9. The van der Waals surface area contributed by atoms with E-state index in [2.05, 4.69) is 10.8 Å². The van der Waals surface area contributed by atoms with E-state index in [4.69, 9.17) is 4.84 Å². The van der Waals surface area contributed by atoms with Crippen LogP contribution < -0.4 is 10.8 Å². The summed E-state index contributed by atoms with van der Waals surface area (Å²) in [6.45, 7) is 0. The number of allylic oxidation sites excluding steroid dienone is 1. The smallest absolute Gasteiger partial charge is 0.322 e. The summed E-state index contributed by atoms with van der Waals surface area (Å²) in [7, 11) is 1.31.